The molecule has 36 heavy (non-hydrogen) atoms. The highest BCUT2D eigenvalue weighted by molar-refractivity contribution is 7.99. The molecule has 0 amide bonds. The smallest absolute Gasteiger partial charge is 0.191 e. The van der Waals surface area contributed by atoms with Crippen LogP contribution in [0.15, 0.2) is 23.4 Å². The predicted octanol–water partition coefficient (Wildman–Crippen LogP) is 2.01. The lowest BCUT2D eigenvalue weighted by Gasteiger charge is -2.17. The van der Waals surface area contributed by atoms with Crippen LogP contribution in [0.3, 0.4) is 0 Å². The van der Waals surface area contributed by atoms with Crippen LogP contribution in [0.1, 0.15) is 43.7 Å². The Bertz CT molecular complexity index is 1230. The number of hydrogen-bond donors (Lipinski definition) is 4. The molecule has 13 heteroatoms. The summed E-state index contributed by atoms with van der Waals surface area (Å²) >= 11 is 1.48. The van der Waals surface area contributed by atoms with E-state index in [1.165, 1.54) is 22.5 Å². The normalized spacial score (nSPS) is 27.6. The molecule has 1 aromatic carbocycles. The maximum atomic E-state index is 13.7. The van der Waals surface area contributed by atoms with E-state index in [1.54, 1.807) is 6.07 Å². The highest BCUT2D eigenvalue weighted by atomic mass is 32.2. The molecule has 5 rings (SSSR count). The minimum Gasteiger partial charge on any atom is -0.394 e. The van der Waals surface area contributed by atoms with Crippen LogP contribution in [0.5, 0.6) is 0 Å². The average molecular weight is 523 g/mol. The van der Waals surface area contributed by atoms with Crippen molar-refractivity contribution in [3.63, 3.8) is 0 Å². The maximum absolute atomic E-state index is 13.7. The zero-order chi connectivity index (χ0) is 25.4. The van der Waals surface area contributed by atoms with Gasteiger partial charge in [0.25, 0.3) is 0 Å². The average Bonchev–Trinajstić information content (AvgIpc) is 3.41. The van der Waals surface area contributed by atoms with Crippen LogP contribution in [-0.2, 0) is 4.74 Å². The first-order valence-corrected chi connectivity index (χ1v) is 13.0. The molecule has 194 valence electrons. The molecule has 10 nitrogen and oxygen atoms in total. The second-order valence-corrected chi connectivity index (χ2v) is 10.2. The minimum atomic E-state index is -1.15. The molecule has 0 radical (unpaired) electrons. The molecule has 2 aliphatic rings. The van der Waals surface area contributed by atoms with E-state index in [-0.39, 0.29) is 31.6 Å². The van der Waals surface area contributed by atoms with Crippen LogP contribution >= 0.6 is 11.8 Å². The number of ether oxygens (including phenoxy) is 1. The lowest BCUT2D eigenvalue weighted by Crippen LogP contribution is -2.33. The Morgan fingerprint density at radius 1 is 1.17 bits per heavy atom. The van der Waals surface area contributed by atoms with Gasteiger partial charge in [0.1, 0.15) is 12.2 Å². The Labute approximate surface area is 210 Å². The van der Waals surface area contributed by atoms with Gasteiger partial charge in [-0.3, -0.25) is 0 Å². The lowest BCUT2D eigenvalue weighted by molar-refractivity contribution is -0.0629. The van der Waals surface area contributed by atoms with E-state index in [0.717, 1.165) is 24.7 Å². The van der Waals surface area contributed by atoms with E-state index in [2.05, 4.69) is 32.5 Å². The topological polar surface area (TPSA) is 138 Å². The summed E-state index contributed by atoms with van der Waals surface area (Å²) in [6.07, 6.45) is -1.04. The third kappa shape index (κ3) is 4.90. The molecular weight excluding hydrogens is 494 g/mol. The van der Waals surface area contributed by atoms with Crippen molar-refractivity contribution in [2.24, 2.45) is 0 Å². The number of fused-ring (bicyclic) bond motifs is 1. The third-order valence-corrected chi connectivity index (χ3v) is 7.61. The van der Waals surface area contributed by atoms with Crippen LogP contribution in [0, 0.1) is 11.6 Å². The Hall–Kier alpha value is -2.45. The van der Waals surface area contributed by atoms with Gasteiger partial charge in [0.05, 0.1) is 25.4 Å². The van der Waals surface area contributed by atoms with Crippen LogP contribution in [0.25, 0.3) is 11.2 Å². The number of thioether (sulfide) groups is 1. The molecule has 2 saturated carbocycles. The zero-order valence-electron chi connectivity index (χ0n) is 19.6. The van der Waals surface area contributed by atoms with Gasteiger partial charge in [-0.1, -0.05) is 30.0 Å². The number of benzene rings is 1. The third-order valence-electron chi connectivity index (χ3n) is 6.56. The molecule has 3 unspecified atom stereocenters. The van der Waals surface area contributed by atoms with Crippen LogP contribution < -0.4 is 5.32 Å². The fourth-order valence-electron chi connectivity index (χ4n) is 4.61. The second kappa shape index (κ2) is 10.5. The number of anilines is 1. The first-order valence-electron chi connectivity index (χ1n) is 12.0. The molecular formula is C23H28F2N6O4S. The Kier molecular flexibility index (Phi) is 7.35. The number of hydrogen-bond acceptors (Lipinski definition) is 10. The van der Waals surface area contributed by atoms with Crippen molar-refractivity contribution in [2.75, 3.05) is 24.3 Å². The number of halogens is 2. The van der Waals surface area contributed by atoms with Crippen molar-refractivity contribution in [3.05, 3.63) is 35.4 Å². The number of rotatable bonds is 10. The monoisotopic (exact) mass is 522 g/mol. The van der Waals surface area contributed by atoms with Gasteiger partial charge in [-0.25, -0.2) is 23.4 Å². The fourth-order valence-corrected chi connectivity index (χ4v) is 5.31. The predicted molar refractivity (Wildman–Crippen MR) is 128 cm³/mol. The van der Waals surface area contributed by atoms with E-state index < -0.39 is 36.0 Å². The Morgan fingerprint density at radius 3 is 2.75 bits per heavy atom. The van der Waals surface area contributed by atoms with Crippen molar-refractivity contribution >= 4 is 28.7 Å². The number of aromatic nitrogens is 5. The molecule has 4 N–H and O–H groups in total. The number of nitrogens with zero attached hydrogens (tertiary/aromatic N) is 5. The fraction of sp³-hybridized carbons (Fsp3) is 0.565. The van der Waals surface area contributed by atoms with E-state index in [4.69, 9.17) is 9.84 Å². The first kappa shape index (κ1) is 25.2. The molecule has 2 aliphatic carbocycles. The number of aliphatic hydroxyl groups is 3. The summed E-state index contributed by atoms with van der Waals surface area (Å²) in [5.41, 5.74) is 1.53. The van der Waals surface area contributed by atoms with Gasteiger partial charge in [-0.2, -0.15) is 0 Å². The maximum Gasteiger partial charge on any atom is 0.191 e. The molecule has 2 aromatic heterocycles. The molecule has 0 spiro atoms. The largest absolute Gasteiger partial charge is 0.394 e. The number of nitrogens with one attached hydrogen (secondary N) is 1. The molecule has 2 fully saturated rings. The van der Waals surface area contributed by atoms with E-state index in [0.29, 0.717) is 27.7 Å². The van der Waals surface area contributed by atoms with Gasteiger partial charge in [-0.15, -0.1) is 5.10 Å². The van der Waals surface area contributed by atoms with Crippen LogP contribution in [0.2, 0.25) is 0 Å². The summed E-state index contributed by atoms with van der Waals surface area (Å²) in [5, 5.41) is 42.5. The summed E-state index contributed by atoms with van der Waals surface area (Å²) in [5.74, 6) is -0.472. The summed E-state index contributed by atoms with van der Waals surface area (Å²) in [6, 6.07) is 3.26. The summed E-state index contributed by atoms with van der Waals surface area (Å²) in [7, 11) is 0. The Morgan fingerprint density at radius 2 is 2.00 bits per heavy atom. The van der Waals surface area contributed by atoms with E-state index >= 15 is 0 Å². The van der Waals surface area contributed by atoms with Crippen molar-refractivity contribution in [2.45, 2.75) is 67.7 Å². The zero-order valence-corrected chi connectivity index (χ0v) is 20.4. The first-order chi connectivity index (χ1) is 17.4. The molecule has 6 atom stereocenters. The van der Waals surface area contributed by atoms with Gasteiger partial charge < -0.3 is 25.4 Å². The van der Waals surface area contributed by atoms with Gasteiger partial charge in [0, 0.05) is 24.1 Å². The van der Waals surface area contributed by atoms with E-state index in [9.17, 15) is 19.0 Å². The van der Waals surface area contributed by atoms with Crippen molar-refractivity contribution in [1.29, 1.82) is 0 Å². The van der Waals surface area contributed by atoms with Crippen molar-refractivity contribution < 1.29 is 28.8 Å². The Balaban J connectivity index is 1.43. The quantitative estimate of drug-likeness (QED) is 0.231. The van der Waals surface area contributed by atoms with Crippen LogP contribution in [0.4, 0.5) is 14.6 Å². The van der Waals surface area contributed by atoms with E-state index in [1.807, 2.05) is 0 Å². The van der Waals surface area contributed by atoms with Crippen molar-refractivity contribution in [1.82, 2.24) is 25.0 Å². The highest BCUT2D eigenvalue weighted by Crippen LogP contribution is 2.44. The second-order valence-electron chi connectivity index (χ2n) is 9.09. The lowest BCUT2D eigenvalue weighted by atomic mass is 10.1. The standard InChI is InChI=1S/C23H28F2N6O4S/c1-2-7-36-23-27-21(26-15-9-12(15)11-3-4-13(24)14(25)8-11)18-22(28-23)31(30-29-18)16-10-17(35-6-5-32)20(34)19(16)33/h3-4,8,12,15-17,19-20,32-34H,2,5-7,9-10H2,1H3,(H,26,27,28)/t12-,15?,16+,17-,19?,20?/m0/s1. The summed E-state index contributed by atoms with van der Waals surface area (Å²) in [4.78, 5) is 9.27. The molecule has 0 aliphatic heterocycles. The summed E-state index contributed by atoms with van der Waals surface area (Å²) in [6.45, 7) is 1.91. The van der Waals surface area contributed by atoms with Gasteiger partial charge in [-0.05, 0) is 30.5 Å². The summed E-state index contributed by atoms with van der Waals surface area (Å²) < 4.78 is 34.0. The molecule has 0 saturated heterocycles. The number of aliphatic hydroxyl groups excluding tert-OH is 3. The molecule has 2 heterocycles. The SMILES string of the molecule is CCCSc1nc(NC2C[C@H]2c2ccc(F)c(F)c2)c2nnn([C@@H]3C[C@H](OCCO)C(O)C3O)c2n1. The van der Waals surface area contributed by atoms with Gasteiger partial charge in [0.2, 0.25) is 0 Å². The molecule has 3 aromatic rings. The molecule has 0 bridgehead atoms. The van der Waals surface area contributed by atoms with Gasteiger partial charge in [0.15, 0.2) is 33.8 Å². The minimum absolute atomic E-state index is 0.00291. The van der Waals surface area contributed by atoms with Crippen LogP contribution in [-0.4, -0.2) is 83.6 Å². The van der Waals surface area contributed by atoms with Gasteiger partial charge >= 0.3 is 0 Å². The van der Waals surface area contributed by atoms with Crippen molar-refractivity contribution in [3.8, 4) is 0 Å². The highest BCUT2D eigenvalue weighted by Gasteiger charge is 2.45.